The Bertz CT molecular complexity index is 513. The fourth-order valence-corrected chi connectivity index (χ4v) is 2.69. The first-order chi connectivity index (χ1) is 8.39. The van der Waals surface area contributed by atoms with Crippen LogP contribution in [0.4, 0.5) is 0 Å². The molecule has 1 aliphatic carbocycles. The van der Waals surface area contributed by atoms with Crippen molar-refractivity contribution in [1.82, 2.24) is 20.2 Å². The summed E-state index contributed by atoms with van der Waals surface area (Å²) in [5.41, 5.74) is -1.42. The van der Waals surface area contributed by atoms with Crippen LogP contribution in [-0.4, -0.2) is 26.0 Å². The molecule has 0 spiro atoms. The lowest BCUT2D eigenvalue weighted by Gasteiger charge is -2.38. The minimum Gasteiger partial charge on any atom is -0.297 e. The molecule has 0 radical (unpaired) electrons. The van der Waals surface area contributed by atoms with Gasteiger partial charge in [0, 0.05) is 11.8 Å². The monoisotopic (exact) mass is 247 g/mol. The van der Waals surface area contributed by atoms with E-state index in [2.05, 4.69) is 21.5 Å². The summed E-state index contributed by atoms with van der Waals surface area (Å²) in [6.07, 6.45) is 2.57. The summed E-state index contributed by atoms with van der Waals surface area (Å²) < 4.78 is 0. The lowest BCUT2D eigenvalue weighted by Crippen LogP contribution is -2.45. The maximum Gasteiger partial charge on any atom is 0.176 e. The van der Waals surface area contributed by atoms with Crippen molar-refractivity contribution in [3.05, 3.63) is 5.82 Å². The van der Waals surface area contributed by atoms with Gasteiger partial charge in [-0.2, -0.15) is 10.1 Å². The molecule has 1 aromatic rings. The molecule has 6 heteroatoms. The van der Waals surface area contributed by atoms with Gasteiger partial charge in [0.2, 0.25) is 0 Å². The zero-order chi connectivity index (χ0) is 13.4. The van der Waals surface area contributed by atoms with Crippen LogP contribution in [0.2, 0.25) is 0 Å². The standard InChI is InChI=1S/C12H17N5O/c1-11(2)5-4-6-12(8-13,10(11)18)7-9-14-16-17(3)15-9/h4-7H2,1-3H3. The molecule has 0 bridgehead atoms. The summed E-state index contributed by atoms with van der Waals surface area (Å²) >= 11 is 0. The average molecular weight is 247 g/mol. The molecule has 2 rings (SSSR count). The molecule has 0 amide bonds. The van der Waals surface area contributed by atoms with E-state index >= 15 is 0 Å². The Morgan fingerprint density at radius 1 is 1.44 bits per heavy atom. The molecule has 1 heterocycles. The first kappa shape index (κ1) is 12.7. The smallest absolute Gasteiger partial charge is 0.176 e. The second-order valence-corrected chi connectivity index (χ2v) is 5.63. The number of rotatable bonds is 2. The molecule has 1 fully saturated rings. The highest BCUT2D eigenvalue weighted by Crippen LogP contribution is 2.44. The third kappa shape index (κ3) is 2.01. The maximum atomic E-state index is 12.5. The van der Waals surface area contributed by atoms with Crippen LogP contribution >= 0.6 is 0 Å². The normalized spacial score (nSPS) is 26.9. The number of hydrogen-bond acceptors (Lipinski definition) is 5. The van der Waals surface area contributed by atoms with Gasteiger partial charge in [0.15, 0.2) is 11.6 Å². The molecule has 1 atom stereocenters. The van der Waals surface area contributed by atoms with Crippen molar-refractivity contribution in [3.8, 4) is 6.07 Å². The van der Waals surface area contributed by atoms with E-state index < -0.39 is 10.8 Å². The zero-order valence-electron chi connectivity index (χ0n) is 11.0. The number of aromatic nitrogens is 4. The van der Waals surface area contributed by atoms with Gasteiger partial charge in [-0.25, -0.2) is 0 Å². The lowest BCUT2D eigenvalue weighted by molar-refractivity contribution is -0.138. The molecule has 1 aliphatic rings. The van der Waals surface area contributed by atoms with E-state index in [0.29, 0.717) is 12.2 Å². The second-order valence-electron chi connectivity index (χ2n) is 5.63. The Morgan fingerprint density at radius 2 is 2.17 bits per heavy atom. The van der Waals surface area contributed by atoms with Crippen molar-refractivity contribution in [2.75, 3.05) is 0 Å². The van der Waals surface area contributed by atoms with Gasteiger partial charge in [0.25, 0.3) is 0 Å². The molecule has 0 saturated heterocycles. The number of Topliss-reactive ketones (excluding diaryl/α,β-unsaturated/α-hetero) is 1. The first-order valence-corrected chi connectivity index (χ1v) is 6.09. The van der Waals surface area contributed by atoms with Crippen LogP contribution in [0.25, 0.3) is 0 Å². The molecule has 0 N–H and O–H groups in total. The Morgan fingerprint density at radius 3 is 2.72 bits per heavy atom. The quantitative estimate of drug-likeness (QED) is 0.779. The first-order valence-electron chi connectivity index (χ1n) is 6.09. The van der Waals surface area contributed by atoms with Gasteiger partial charge >= 0.3 is 0 Å². The second kappa shape index (κ2) is 4.16. The molecular formula is C12H17N5O. The van der Waals surface area contributed by atoms with Gasteiger partial charge in [0.05, 0.1) is 13.1 Å². The number of hydrogen-bond donors (Lipinski definition) is 0. The van der Waals surface area contributed by atoms with Gasteiger partial charge < -0.3 is 0 Å². The fourth-order valence-electron chi connectivity index (χ4n) is 2.69. The molecule has 1 unspecified atom stereocenters. The van der Waals surface area contributed by atoms with E-state index in [-0.39, 0.29) is 12.2 Å². The number of ketones is 1. The highest BCUT2D eigenvalue weighted by Gasteiger charge is 2.49. The molecule has 1 aromatic heterocycles. The topological polar surface area (TPSA) is 84.5 Å². The number of carbonyl (C=O) groups excluding carboxylic acids is 1. The predicted octanol–water partition coefficient (Wildman–Crippen LogP) is 1.04. The summed E-state index contributed by atoms with van der Waals surface area (Å²) in [6.45, 7) is 3.81. The SMILES string of the molecule is Cn1nnc(CC2(C#N)CCCC(C)(C)C2=O)n1. The highest BCUT2D eigenvalue weighted by atomic mass is 16.1. The number of tetrazole rings is 1. The number of nitriles is 1. The predicted molar refractivity (Wildman–Crippen MR) is 63.2 cm³/mol. The Labute approximate surface area is 106 Å². The van der Waals surface area contributed by atoms with E-state index in [1.165, 1.54) is 4.80 Å². The molecule has 96 valence electrons. The third-order valence-electron chi connectivity index (χ3n) is 3.68. The highest BCUT2D eigenvalue weighted by molar-refractivity contribution is 5.92. The molecule has 0 aromatic carbocycles. The molecule has 0 aliphatic heterocycles. The summed E-state index contributed by atoms with van der Waals surface area (Å²) in [6, 6.07) is 2.21. The van der Waals surface area contributed by atoms with Crippen LogP contribution in [0.5, 0.6) is 0 Å². The van der Waals surface area contributed by atoms with E-state index in [1.807, 2.05) is 13.8 Å². The largest absolute Gasteiger partial charge is 0.297 e. The third-order valence-corrected chi connectivity index (χ3v) is 3.68. The van der Waals surface area contributed by atoms with Crippen LogP contribution < -0.4 is 0 Å². The minimum atomic E-state index is -0.981. The Balaban J connectivity index is 2.31. The molecule has 6 nitrogen and oxygen atoms in total. The summed E-state index contributed by atoms with van der Waals surface area (Å²) in [4.78, 5) is 13.9. The van der Waals surface area contributed by atoms with Gasteiger partial charge in [0.1, 0.15) is 5.41 Å². The van der Waals surface area contributed by atoms with Crippen molar-refractivity contribution in [3.63, 3.8) is 0 Å². The van der Waals surface area contributed by atoms with Crippen LogP contribution in [0.3, 0.4) is 0 Å². The van der Waals surface area contributed by atoms with Crippen molar-refractivity contribution >= 4 is 5.78 Å². The summed E-state index contributed by atoms with van der Waals surface area (Å²) in [5.74, 6) is 0.473. The van der Waals surface area contributed by atoms with Crippen molar-refractivity contribution in [2.24, 2.45) is 17.9 Å². The summed E-state index contributed by atoms with van der Waals surface area (Å²) in [5, 5.41) is 21.2. The van der Waals surface area contributed by atoms with E-state index in [1.54, 1.807) is 7.05 Å². The molecule has 18 heavy (non-hydrogen) atoms. The Kier molecular flexibility index (Phi) is 2.93. The number of carbonyl (C=O) groups is 1. The van der Waals surface area contributed by atoms with Crippen LogP contribution in [0.1, 0.15) is 38.9 Å². The van der Waals surface area contributed by atoms with Gasteiger partial charge in [-0.1, -0.05) is 20.3 Å². The fraction of sp³-hybridized carbons (Fsp3) is 0.750. The van der Waals surface area contributed by atoms with E-state index in [9.17, 15) is 10.1 Å². The molecule has 1 saturated carbocycles. The van der Waals surface area contributed by atoms with Gasteiger partial charge in [-0.3, -0.25) is 4.79 Å². The number of nitrogens with zero attached hydrogens (tertiary/aromatic N) is 5. The van der Waals surface area contributed by atoms with Gasteiger partial charge in [-0.15, -0.1) is 10.2 Å². The lowest BCUT2D eigenvalue weighted by atomic mass is 9.61. The van der Waals surface area contributed by atoms with Crippen LogP contribution in [0.15, 0.2) is 0 Å². The van der Waals surface area contributed by atoms with Crippen LogP contribution in [-0.2, 0) is 18.3 Å². The van der Waals surface area contributed by atoms with E-state index in [0.717, 1.165) is 12.8 Å². The van der Waals surface area contributed by atoms with Crippen molar-refractivity contribution in [1.29, 1.82) is 5.26 Å². The summed E-state index contributed by atoms with van der Waals surface area (Å²) in [7, 11) is 1.67. The average Bonchev–Trinajstić information content (AvgIpc) is 2.71. The van der Waals surface area contributed by atoms with E-state index in [4.69, 9.17) is 0 Å². The maximum absolute atomic E-state index is 12.5. The Hall–Kier alpha value is -1.77. The van der Waals surface area contributed by atoms with Gasteiger partial charge in [-0.05, 0) is 18.1 Å². The van der Waals surface area contributed by atoms with Crippen LogP contribution in [0, 0.1) is 22.2 Å². The van der Waals surface area contributed by atoms with Crippen molar-refractivity contribution < 1.29 is 4.79 Å². The minimum absolute atomic E-state index is 0.0104. The van der Waals surface area contributed by atoms with Crippen molar-refractivity contribution in [2.45, 2.75) is 39.5 Å². The molecular weight excluding hydrogens is 230 g/mol. The zero-order valence-corrected chi connectivity index (χ0v) is 11.0. The number of aryl methyl sites for hydroxylation is 1.